The summed E-state index contributed by atoms with van der Waals surface area (Å²) in [5.74, 6) is -0.104. The summed E-state index contributed by atoms with van der Waals surface area (Å²) in [5.41, 5.74) is 4.56. The Balaban J connectivity index is 1.60. The van der Waals surface area contributed by atoms with Gasteiger partial charge in [0.25, 0.3) is 0 Å². The van der Waals surface area contributed by atoms with Crippen LogP contribution in [-0.2, 0) is 0 Å². The second kappa shape index (κ2) is 7.86. The molecule has 9 heteroatoms. The highest BCUT2D eigenvalue weighted by Gasteiger charge is 2.31. The fraction of sp³-hybridized carbons (Fsp3) is 0.0952. The Kier molecular flexibility index (Phi) is 5.09. The van der Waals surface area contributed by atoms with Crippen LogP contribution in [0.2, 0.25) is 0 Å². The first-order chi connectivity index (χ1) is 14.4. The fourth-order valence-electron chi connectivity index (χ4n) is 2.89. The normalized spacial score (nSPS) is 11.3. The molecule has 4 rings (SSSR count). The third-order valence-corrected chi connectivity index (χ3v) is 4.22. The van der Waals surface area contributed by atoms with E-state index in [-0.39, 0.29) is 11.7 Å². The summed E-state index contributed by atoms with van der Waals surface area (Å²) in [7, 11) is 0. The summed E-state index contributed by atoms with van der Waals surface area (Å²) in [6, 6.07) is 15.1. The number of nitrogens with one attached hydrogen (secondary N) is 2. The largest absolute Gasteiger partial charge is 0.573 e. The number of aromatic amines is 1. The van der Waals surface area contributed by atoms with Crippen molar-refractivity contribution < 1.29 is 17.9 Å². The Morgan fingerprint density at radius 2 is 1.83 bits per heavy atom. The maximum Gasteiger partial charge on any atom is 0.573 e. The van der Waals surface area contributed by atoms with Gasteiger partial charge < -0.3 is 10.1 Å². The van der Waals surface area contributed by atoms with Crippen molar-refractivity contribution in [1.29, 1.82) is 0 Å². The summed E-state index contributed by atoms with van der Waals surface area (Å²) >= 11 is 0. The number of anilines is 2. The van der Waals surface area contributed by atoms with Crippen molar-refractivity contribution in [2.75, 3.05) is 5.32 Å². The van der Waals surface area contributed by atoms with Crippen LogP contribution >= 0.6 is 0 Å². The van der Waals surface area contributed by atoms with Crippen molar-refractivity contribution in [3.8, 4) is 28.3 Å². The highest BCUT2D eigenvalue weighted by molar-refractivity contribution is 5.79. The number of rotatable bonds is 5. The quantitative estimate of drug-likeness (QED) is 0.455. The number of H-pyrrole nitrogens is 1. The smallest absolute Gasteiger partial charge is 0.406 e. The predicted molar refractivity (Wildman–Crippen MR) is 106 cm³/mol. The standard InChI is InChI=1S/C21H16F3N5O/c1-13-5-7-14(8-6-13)19-17(12-26-29-19)18-9-10-25-20(28-18)27-15-3-2-4-16(11-15)30-21(22,23)24/h2-12H,1H3,(H,26,29)(H,25,27,28). The molecule has 0 radical (unpaired) electrons. The molecule has 30 heavy (non-hydrogen) atoms. The second-order valence-electron chi connectivity index (χ2n) is 6.48. The van der Waals surface area contributed by atoms with Gasteiger partial charge in [0.05, 0.1) is 5.69 Å². The average molecular weight is 411 g/mol. The molecule has 2 aromatic carbocycles. The van der Waals surface area contributed by atoms with Crippen molar-refractivity contribution >= 4 is 11.6 Å². The van der Waals surface area contributed by atoms with Crippen molar-refractivity contribution in [2.45, 2.75) is 13.3 Å². The van der Waals surface area contributed by atoms with Gasteiger partial charge in [-0.1, -0.05) is 35.9 Å². The molecule has 0 saturated heterocycles. The van der Waals surface area contributed by atoms with Gasteiger partial charge in [-0.3, -0.25) is 5.10 Å². The lowest BCUT2D eigenvalue weighted by molar-refractivity contribution is -0.274. The molecule has 0 spiro atoms. The number of benzene rings is 2. The van der Waals surface area contributed by atoms with Gasteiger partial charge in [0.2, 0.25) is 5.95 Å². The molecule has 0 aliphatic heterocycles. The lowest BCUT2D eigenvalue weighted by Gasteiger charge is -2.11. The third kappa shape index (κ3) is 4.57. The summed E-state index contributed by atoms with van der Waals surface area (Å²) < 4.78 is 41.2. The van der Waals surface area contributed by atoms with Crippen molar-refractivity contribution in [2.24, 2.45) is 0 Å². The number of aromatic nitrogens is 4. The first kappa shape index (κ1) is 19.4. The molecule has 0 unspecified atom stereocenters. The Labute approximate surface area is 169 Å². The number of ether oxygens (including phenoxy) is 1. The first-order valence-electron chi connectivity index (χ1n) is 8.94. The van der Waals surface area contributed by atoms with E-state index >= 15 is 0 Å². The van der Waals surface area contributed by atoms with E-state index in [0.29, 0.717) is 11.4 Å². The van der Waals surface area contributed by atoms with E-state index in [9.17, 15) is 13.2 Å². The molecule has 2 aromatic heterocycles. The van der Waals surface area contributed by atoms with Crippen LogP contribution in [0.15, 0.2) is 67.0 Å². The van der Waals surface area contributed by atoms with E-state index in [1.54, 1.807) is 24.5 Å². The minimum atomic E-state index is -4.76. The molecule has 0 fully saturated rings. The molecule has 0 saturated carbocycles. The minimum Gasteiger partial charge on any atom is -0.406 e. The summed E-state index contributed by atoms with van der Waals surface area (Å²) in [6.45, 7) is 2.01. The molecular weight excluding hydrogens is 395 g/mol. The zero-order chi connectivity index (χ0) is 21.1. The van der Waals surface area contributed by atoms with Gasteiger partial charge in [-0.15, -0.1) is 13.2 Å². The van der Waals surface area contributed by atoms with Crippen LogP contribution in [0.25, 0.3) is 22.5 Å². The molecule has 4 aromatic rings. The third-order valence-electron chi connectivity index (χ3n) is 4.22. The SMILES string of the molecule is Cc1ccc(-c2n[nH]cc2-c2ccnc(Nc3cccc(OC(F)(F)F)c3)n2)cc1. The van der Waals surface area contributed by atoms with Crippen LogP contribution in [0.5, 0.6) is 5.75 Å². The molecule has 2 N–H and O–H groups in total. The van der Waals surface area contributed by atoms with Gasteiger partial charge in [-0.2, -0.15) is 5.10 Å². The van der Waals surface area contributed by atoms with E-state index in [0.717, 1.165) is 22.4 Å². The number of hydrogen-bond donors (Lipinski definition) is 2. The lowest BCUT2D eigenvalue weighted by atomic mass is 10.0. The topological polar surface area (TPSA) is 75.7 Å². The molecule has 0 aliphatic carbocycles. The van der Waals surface area contributed by atoms with Gasteiger partial charge in [0.15, 0.2) is 0 Å². The van der Waals surface area contributed by atoms with E-state index < -0.39 is 6.36 Å². The molecule has 0 bridgehead atoms. The zero-order valence-corrected chi connectivity index (χ0v) is 15.7. The van der Waals surface area contributed by atoms with Crippen LogP contribution in [0, 0.1) is 6.92 Å². The average Bonchev–Trinajstić information content (AvgIpc) is 3.18. The Morgan fingerprint density at radius 1 is 1.03 bits per heavy atom. The molecule has 152 valence electrons. The highest BCUT2D eigenvalue weighted by atomic mass is 19.4. The summed E-state index contributed by atoms with van der Waals surface area (Å²) in [4.78, 5) is 8.62. The first-order valence-corrected chi connectivity index (χ1v) is 8.94. The number of hydrogen-bond acceptors (Lipinski definition) is 5. The zero-order valence-electron chi connectivity index (χ0n) is 15.7. The Bertz CT molecular complexity index is 1160. The van der Waals surface area contributed by atoms with Gasteiger partial charge in [-0.25, -0.2) is 9.97 Å². The molecule has 0 amide bonds. The van der Waals surface area contributed by atoms with E-state index in [2.05, 4.69) is 30.2 Å². The lowest BCUT2D eigenvalue weighted by Crippen LogP contribution is -2.17. The highest BCUT2D eigenvalue weighted by Crippen LogP contribution is 2.30. The van der Waals surface area contributed by atoms with E-state index in [4.69, 9.17) is 0 Å². The Hall–Kier alpha value is -3.88. The summed E-state index contributed by atoms with van der Waals surface area (Å²) in [5, 5.41) is 10.1. The van der Waals surface area contributed by atoms with Crippen LogP contribution in [0.1, 0.15) is 5.56 Å². The van der Waals surface area contributed by atoms with Crippen LogP contribution in [0.4, 0.5) is 24.8 Å². The molecule has 2 heterocycles. The number of halogens is 3. The fourth-order valence-corrected chi connectivity index (χ4v) is 2.89. The molecule has 0 atom stereocenters. The molecule has 0 aliphatic rings. The minimum absolute atomic E-state index is 0.229. The number of nitrogens with zero attached hydrogens (tertiary/aromatic N) is 3. The monoisotopic (exact) mass is 411 g/mol. The van der Waals surface area contributed by atoms with Gasteiger partial charge in [-0.05, 0) is 25.1 Å². The van der Waals surface area contributed by atoms with Gasteiger partial charge in [0, 0.05) is 35.3 Å². The van der Waals surface area contributed by atoms with Crippen LogP contribution in [-0.4, -0.2) is 26.5 Å². The predicted octanol–water partition coefficient (Wildman–Crippen LogP) is 5.48. The number of alkyl halides is 3. The van der Waals surface area contributed by atoms with Gasteiger partial charge in [0.1, 0.15) is 11.4 Å². The molecular formula is C21H16F3N5O. The Morgan fingerprint density at radius 3 is 2.60 bits per heavy atom. The van der Waals surface area contributed by atoms with Crippen molar-refractivity contribution in [3.63, 3.8) is 0 Å². The number of aryl methyl sites for hydroxylation is 1. The second-order valence-corrected chi connectivity index (χ2v) is 6.48. The van der Waals surface area contributed by atoms with E-state index in [1.807, 2.05) is 31.2 Å². The maximum absolute atomic E-state index is 12.4. The van der Waals surface area contributed by atoms with Crippen molar-refractivity contribution in [3.05, 3.63) is 72.6 Å². The summed E-state index contributed by atoms with van der Waals surface area (Å²) in [6.07, 6.45) is -1.46. The maximum atomic E-state index is 12.4. The van der Waals surface area contributed by atoms with Crippen LogP contribution in [0.3, 0.4) is 0 Å². The van der Waals surface area contributed by atoms with E-state index in [1.165, 1.54) is 18.2 Å². The molecule has 6 nitrogen and oxygen atoms in total. The van der Waals surface area contributed by atoms with Crippen LogP contribution < -0.4 is 10.1 Å². The van der Waals surface area contributed by atoms with Crippen molar-refractivity contribution in [1.82, 2.24) is 20.2 Å². The van der Waals surface area contributed by atoms with Gasteiger partial charge >= 0.3 is 6.36 Å².